The molecule has 106 valence electrons. The number of hydrazine groups is 1. The van der Waals surface area contributed by atoms with Crippen molar-refractivity contribution in [3.05, 3.63) is 16.1 Å². The molecule has 1 fully saturated rings. The number of hydrogen-bond acceptors (Lipinski definition) is 5. The summed E-state index contributed by atoms with van der Waals surface area (Å²) in [7, 11) is 0. The van der Waals surface area contributed by atoms with E-state index in [2.05, 4.69) is 10.4 Å². The second-order valence-electron chi connectivity index (χ2n) is 4.65. The van der Waals surface area contributed by atoms with Crippen LogP contribution in [0.4, 0.5) is 11.6 Å². The van der Waals surface area contributed by atoms with Crippen LogP contribution in [-0.4, -0.2) is 29.3 Å². The minimum atomic E-state index is 0.0410. The molecule has 1 atom stereocenters. The number of nitrogens with zero attached hydrogens (tertiary/aromatic N) is 2. The average molecular weight is 305 g/mol. The van der Waals surface area contributed by atoms with Crippen LogP contribution < -0.4 is 16.2 Å². The van der Waals surface area contributed by atoms with Gasteiger partial charge in [-0.25, -0.2) is 10.8 Å². The van der Waals surface area contributed by atoms with Gasteiger partial charge in [0.15, 0.2) is 5.82 Å². The summed E-state index contributed by atoms with van der Waals surface area (Å²) in [4.78, 5) is 6.42. The second kappa shape index (κ2) is 6.61. The van der Waals surface area contributed by atoms with Crippen molar-refractivity contribution in [1.29, 1.82) is 0 Å². The van der Waals surface area contributed by atoms with Crippen molar-refractivity contribution >= 4 is 34.8 Å². The fourth-order valence-electron chi connectivity index (χ4n) is 2.41. The topological polar surface area (TPSA) is 74.4 Å². The largest absolute Gasteiger partial charge is 0.394 e. The Bertz CT molecular complexity index is 444. The number of pyridine rings is 1. The van der Waals surface area contributed by atoms with Crippen LogP contribution >= 0.6 is 23.2 Å². The average Bonchev–Trinajstić information content (AvgIpc) is 2.64. The van der Waals surface area contributed by atoms with Gasteiger partial charge in [0.1, 0.15) is 5.82 Å². The number of aliphatic hydroxyl groups excluding tert-OH is 1. The van der Waals surface area contributed by atoms with Crippen LogP contribution in [0.1, 0.15) is 25.7 Å². The smallest absolute Gasteiger partial charge is 0.161 e. The van der Waals surface area contributed by atoms with Gasteiger partial charge in [0.25, 0.3) is 0 Å². The van der Waals surface area contributed by atoms with Crippen LogP contribution in [0.3, 0.4) is 0 Å². The molecule has 0 aromatic carbocycles. The Labute approximate surface area is 122 Å². The van der Waals surface area contributed by atoms with Crippen LogP contribution in [0.5, 0.6) is 0 Å². The van der Waals surface area contributed by atoms with Gasteiger partial charge in [-0.1, -0.05) is 36.0 Å². The predicted octanol–water partition coefficient (Wildman–Crippen LogP) is 2.42. The number of aliphatic hydroxyl groups is 1. The highest BCUT2D eigenvalue weighted by atomic mass is 35.5. The molecule has 1 saturated heterocycles. The lowest BCUT2D eigenvalue weighted by Gasteiger charge is -2.30. The number of nitrogens with one attached hydrogen (secondary N) is 1. The van der Waals surface area contributed by atoms with Gasteiger partial charge >= 0.3 is 0 Å². The quantitative estimate of drug-likeness (QED) is 0.591. The molecule has 5 nitrogen and oxygen atoms in total. The molecule has 1 unspecified atom stereocenters. The van der Waals surface area contributed by atoms with Crippen molar-refractivity contribution in [3.8, 4) is 0 Å². The fourth-order valence-corrected chi connectivity index (χ4v) is 2.93. The van der Waals surface area contributed by atoms with E-state index in [-0.39, 0.29) is 12.6 Å². The molecule has 0 spiro atoms. The zero-order valence-corrected chi connectivity index (χ0v) is 12.1. The van der Waals surface area contributed by atoms with E-state index in [1.54, 1.807) is 6.07 Å². The Morgan fingerprint density at radius 2 is 2.16 bits per heavy atom. The van der Waals surface area contributed by atoms with Gasteiger partial charge in [0.05, 0.1) is 22.7 Å². The first kappa shape index (κ1) is 14.7. The molecule has 0 bridgehead atoms. The van der Waals surface area contributed by atoms with Gasteiger partial charge in [-0.05, 0) is 18.9 Å². The minimum Gasteiger partial charge on any atom is -0.394 e. The molecule has 7 heteroatoms. The molecule has 0 amide bonds. The maximum Gasteiger partial charge on any atom is 0.161 e. The van der Waals surface area contributed by atoms with Crippen LogP contribution in [0.2, 0.25) is 10.0 Å². The van der Waals surface area contributed by atoms with Crippen LogP contribution in [0, 0.1) is 0 Å². The molecule has 19 heavy (non-hydrogen) atoms. The van der Waals surface area contributed by atoms with E-state index in [0.717, 1.165) is 32.2 Å². The van der Waals surface area contributed by atoms with E-state index in [1.165, 1.54) is 0 Å². The monoisotopic (exact) mass is 304 g/mol. The minimum absolute atomic E-state index is 0.0410. The lowest BCUT2D eigenvalue weighted by Crippen LogP contribution is -2.38. The standard InChI is InChI=1S/C12H18Cl2N4O/c13-9-6-10(14)12(16-11(9)17-15)18-5-3-1-2-4-8(18)7-19/h6,8,19H,1-5,7,15H2,(H,16,17). The lowest BCUT2D eigenvalue weighted by molar-refractivity contribution is 0.254. The zero-order valence-electron chi connectivity index (χ0n) is 10.6. The number of halogens is 2. The van der Waals surface area contributed by atoms with Gasteiger partial charge in [-0.15, -0.1) is 0 Å². The summed E-state index contributed by atoms with van der Waals surface area (Å²) in [6.45, 7) is 0.912. The summed E-state index contributed by atoms with van der Waals surface area (Å²) in [6, 6.07) is 1.67. The van der Waals surface area contributed by atoms with Crippen molar-refractivity contribution in [2.45, 2.75) is 31.7 Å². The summed E-state index contributed by atoms with van der Waals surface area (Å²) in [6.07, 6.45) is 4.25. The normalized spacial score (nSPS) is 20.2. The van der Waals surface area contributed by atoms with Gasteiger partial charge in [-0.2, -0.15) is 0 Å². The maximum absolute atomic E-state index is 9.54. The van der Waals surface area contributed by atoms with Gasteiger partial charge in [0.2, 0.25) is 0 Å². The Hall–Kier alpha value is -0.750. The van der Waals surface area contributed by atoms with Crippen LogP contribution in [-0.2, 0) is 0 Å². The van der Waals surface area contributed by atoms with Gasteiger partial charge < -0.3 is 15.4 Å². The third-order valence-corrected chi connectivity index (χ3v) is 3.97. The molecule has 0 aliphatic carbocycles. The SMILES string of the molecule is NNc1nc(N2CCCCCC2CO)c(Cl)cc1Cl. The summed E-state index contributed by atoms with van der Waals surface area (Å²) < 4.78 is 0. The van der Waals surface area contributed by atoms with Crippen molar-refractivity contribution in [3.63, 3.8) is 0 Å². The highest BCUT2D eigenvalue weighted by Gasteiger charge is 2.24. The third kappa shape index (κ3) is 3.23. The first-order valence-corrected chi connectivity index (χ1v) is 7.13. The second-order valence-corrected chi connectivity index (χ2v) is 5.46. The number of aromatic nitrogens is 1. The molecular formula is C12H18Cl2N4O. The highest BCUT2D eigenvalue weighted by molar-refractivity contribution is 6.37. The maximum atomic E-state index is 9.54. The fraction of sp³-hybridized carbons (Fsp3) is 0.583. The molecule has 2 rings (SSSR count). The number of anilines is 2. The van der Waals surface area contributed by atoms with E-state index in [0.29, 0.717) is 21.7 Å². The summed E-state index contributed by atoms with van der Waals surface area (Å²) in [5, 5.41) is 10.4. The zero-order chi connectivity index (χ0) is 13.8. The van der Waals surface area contributed by atoms with Crippen molar-refractivity contribution in [2.75, 3.05) is 23.5 Å². The Morgan fingerprint density at radius 3 is 2.84 bits per heavy atom. The van der Waals surface area contributed by atoms with Crippen molar-refractivity contribution in [1.82, 2.24) is 4.98 Å². The molecule has 1 aliphatic heterocycles. The van der Waals surface area contributed by atoms with Crippen molar-refractivity contribution < 1.29 is 5.11 Å². The molecule has 0 radical (unpaired) electrons. The first-order valence-electron chi connectivity index (χ1n) is 6.37. The van der Waals surface area contributed by atoms with E-state index >= 15 is 0 Å². The molecular weight excluding hydrogens is 287 g/mol. The summed E-state index contributed by atoms with van der Waals surface area (Å²) >= 11 is 12.2. The lowest BCUT2D eigenvalue weighted by atomic mass is 10.1. The van der Waals surface area contributed by atoms with Crippen molar-refractivity contribution in [2.24, 2.45) is 5.84 Å². The molecule has 1 aliphatic rings. The van der Waals surface area contributed by atoms with Crippen LogP contribution in [0.15, 0.2) is 6.07 Å². The Balaban J connectivity index is 2.37. The molecule has 0 saturated carbocycles. The van der Waals surface area contributed by atoms with E-state index < -0.39 is 0 Å². The van der Waals surface area contributed by atoms with Gasteiger partial charge in [-0.3, -0.25) is 0 Å². The molecule has 2 heterocycles. The molecule has 4 N–H and O–H groups in total. The number of nitrogen functional groups attached to an aromatic ring is 1. The molecule has 1 aromatic heterocycles. The van der Waals surface area contributed by atoms with Gasteiger partial charge in [0, 0.05) is 6.54 Å². The summed E-state index contributed by atoms with van der Waals surface area (Å²) in [5.74, 6) is 6.40. The number of rotatable bonds is 3. The predicted molar refractivity (Wildman–Crippen MR) is 78.8 cm³/mol. The van der Waals surface area contributed by atoms with Crippen LogP contribution in [0.25, 0.3) is 0 Å². The van der Waals surface area contributed by atoms with E-state index in [1.807, 2.05) is 4.90 Å². The van der Waals surface area contributed by atoms with E-state index in [9.17, 15) is 5.11 Å². The van der Waals surface area contributed by atoms with E-state index in [4.69, 9.17) is 29.0 Å². The highest BCUT2D eigenvalue weighted by Crippen LogP contribution is 2.33. The Kier molecular flexibility index (Phi) is 5.10. The third-order valence-electron chi connectivity index (χ3n) is 3.41. The first-order chi connectivity index (χ1) is 9.17. The molecule has 1 aromatic rings. The number of nitrogens with two attached hydrogens (primary N) is 1. The Morgan fingerprint density at radius 1 is 1.37 bits per heavy atom. The number of hydrogen-bond donors (Lipinski definition) is 3. The summed E-state index contributed by atoms with van der Waals surface area (Å²) in [5.41, 5.74) is 2.46.